The number of Topliss-reactive ketones (excluding diaryl/α,β-unsaturated/α-hetero) is 1. The van der Waals surface area contributed by atoms with Gasteiger partial charge in [0.1, 0.15) is 12.4 Å². The van der Waals surface area contributed by atoms with Crippen LogP contribution in [0, 0.1) is 0 Å². The Hall–Kier alpha value is -3.54. The first-order chi connectivity index (χ1) is 14.0. The van der Waals surface area contributed by atoms with Crippen LogP contribution in [0.2, 0.25) is 0 Å². The Bertz CT molecular complexity index is 1140. The molecule has 6 heteroatoms. The Kier molecular flexibility index (Phi) is 4.62. The van der Waals surface area contributed by atoms with Gasteiger partial charge in [-0.05, 0) is 30.0 Å². The molecule has 0 atom stereocenters. The first-order valence-corrected chi connectivity index (χ1v) is 9.07. The van der Waals surface area contributed by atoms with E-state index in [1.54, 1.807) is 33.5 Å². The maximum atomic E-state index is 12.6. The number of carbonyl (C=O) groups is 2. The van der Waals surface area contributed by atoms with E-state index in [9.17, 15) is 9.59 Å². The lowest BCUT2D eigenvalue weighted by atomic mass is 9.89. The van der Waals surface area contributed by atoms with Crippen LogP contribution in [-0.2, 0) is 11.3 Å². The predicted octanol–water partition coefficient (Wildman–Crippen LogP) is 4.41. The molecule has 1 aliphatic rings. The SMILES string of the molecule is COc1cc2c(OC)c3c(c(-c4ccc(C(C)=O)cc4)c2cc1OC)C(=O)OC3. The third-order valence-electron chi connectivity index (χ3n) is 5.20. The summed E-state index contributed by atoms with van der Waals surface area (Å²) in [5.74, 6) is 1.25. The van der Waals surface area contributed by atoms with Gasteiger partial charge >= 0.3 is 5.97 Å². The van der Waals surface area contributed by atoms with Gasteiger partial charge in [-0.15, -0.1) is 0 Å². The summed E-state index contributed by atoms with van der Waals surface area (Å²) in [6.45, 7) is 1.66. The lowest BCUT2D eigenvalue weighted by molar-refractivity contribution is 0.0534. The van der Waals surface area contributed by atoms with Crippen LogP contribution in [-0.4, -0.2) is 33.1 Å². The topological polar surface area (TPSA) is 71.1 Å². The largest absolute Gasteiger partial charge is 0.496 e. The maximum absolute atomic E-state index is 12.6. The normalized spacial score (nSPS) is 12.5. The number of carbonyl (C=O) groups excluding carboxylic acids is 2. The van der Waals surface area contributed by atoms with E-state index in [2.05, 4.69) is 0 Å². The molecule has 3 aromatic carbocycles. The van der Waals surface area contributed by atoms with Crippen LogP contribution in [0.3, 0.4) is 0 Å². The van der Waals surface area contributed by atoms with Gasteiger partial charge in [-0.3, -0.25) is 4.79 Å². The lowest BCUT2D eigenvalue weighted by Crippen LogP contribution is -2.02. The Balaban J connectivity index is 2.13. The summed E-state index contributed by atoms with van der Waals surface area (Å²) < 4.78 is 21.9. The predicted molar refractivity (Wildman–Crippen MR) is 108 cm³/mol. The second-order valence-electron chi connectivity index (χ2n) is 6.72. The zero-order valence-corrected chi connectivity index (χ0v) is 16.6. The average molecular weight is 392 g/mol. The molecule has 1 heterocycles. The van der Waals surface area contributed by atoms with E-state index >= 15 is 0 Å². The highest BCUT2D eigenvalue weighted by Crippen LogP contribution is 2.47. The quantitative estimate of drug-likeness (QED) is 0.473. The molecule has 0 bridgehead atoms. The van der Waals surface area contributed by atoms with E-state index < -0.39 is 5.97 Å². The van der Waals surface area contributed by atoms with Crippen LogP contribution in [0.4, 0.5) is 0 Å². The van der Waals surface area contributed by atoms with Crippen molar-refractivity contribution in [1.82, 2.24) is 0 Å². The van der Waals surface area contributed by atoms with E-state index in [0.717, 1.165) is 16.3 Å². The van der Waals surface area contributed by atoms with E-state index in [1.807, 2.05) is 24.3 Å². The number of cyclic esters (lactones) is 1. The molecule has 0 radical (unpaired) electrons. The minimum atomic E-state index is -0.402. The van der Waals surface area contributed by atoms with Crippen molar-refractivity contribution in [2.45, 2.75) is 13.5 Å². The fraction of sp³-hybridized carbons (Fsp3) is 0.217. The average Bonchev–Trinajstić information content (AvgIpc) is 3.12. The van der Waals surface area contributed by atoms with Gasteiger partial charge in [0.25, 0.3) is 0 Å². The van der Waals surface area contributed by atoms with Gasteiger partial charge in [0, 0.05) is 22.1 Å². The highest BCUT2D eigenvalue weighted by molar-refractivity contribution is 6.14. The van der Waals surface area contributed by atoms with Crippen molar-refractivity contribution in [2.75, 3.05) is 21.3 Å². The zero-order valence-electron chi connectivity index (χ0n) is 16.6. The fourth-order valence-corrected chi connectivity index (χ4v) is 3.81. The molecule has 4 rings (SSSR count). The summed E-state index contributed by atoms with van der Waals surface area (Å²) >= 11 is 0. The zero-order chi connectivity index (χ0) is 20.7. The molecule has 3 aromatic rings. The number of hydrogen-bond donors (Lipinski definition) is 0. The van der Waals surface area contributed by atoms with E-state index in [4.69, 9.17) is 18.9 Å². The second kappa shape index (κ2) is 7.13. The number of benzene rings is 3. The molecular weight excluding hydrogens is 372 g/mol. The monoisotopic (exact) mass is 392 g/mol. The Labute approximate surface area is 167 Å². The van der Waals surface area contributed by atoms with E-state index in [-0.39, 0.29) is 12.4 Å². The molecule has 0 aliphatic carbocycles. The third-order valence-corrected chi connectivity index (χ3v) is 5.20. The fourth-order valence-electron chi connectivity index (χ4n) is 3.81. The molecule has 1 aliphatic heterocycles. The minimum absolute atomic E-state index is 0.0211. The van der Waals surface area contributed by atoms with Crippen LogP contribution in [0.1, 0.15) is 33.2 Å². The van der Waals surface area contributed by atoms with Crippen molar-refractivity contribution in [3.8, 4) is 28.4 Å². The number of methoxy groups -OCH3 is 3. The summed E-state index contributed by atoms with van der Waals surface area (Å²) in [6, 6.07) is 10.8. The Morgan fingerprint density at radius 1 is 0.897 bits per heavy atom. The third kappa shape index (κ3) is 2.88. The molecule has 148 valence electrons. The van der Waals surface area contributed by atoms with Crippen LogP contribution in [0.25, 0.3) is 21.9 Å². The summed E-state index contributed by atoms with van der Waals surface area (Å²) in [6.07, 6.45) is 0. The molecule has 6 nitrogen and oxygen atoms in total. The van der Waals surface area contributed by atoms with Crippen molar-refractivity contribution in [3.63, 3.8) is 0 Å². The number of fused-ring (bicyclic) bond motifs is 2. The van der Waals surface area contributed by atoms with Gasteiger partial charge in [-0.25, -0.2) is 4.79 Å². The van der Waals surface area contributed by atoms with Crippen molar-refractivity contribution >= 4 is 22.5 Å². The summed E-state index contributed by atoms with van der Waals surface area (Å²) in [4.78, 5) is 24.3. The molecule has 0 fully saturated rings. The number of ether oxygens (including phenoxy) is 4. The van der Waals surface area contributed by atoms with Crippen molar-refractivity contribution < 1.29 is 28.5 Å². The number of esters is 1. The smallest absolute Gasteiger partial charge is 0.339 e. The van der Waals surface area contributed by atoms with Crippen LogP contribution in [0.15, 0.2) is 36.4 Å². The molecule has 29 heavy (non-hydrogen) atoms. The van der Waals surface area contributed by atoms with E-state index in [0.29, 0.717) is 39.5 Å². The molecule has 0 saturated carbocycles. The Morgan fingerprint density at radius 2 is 1.52 bits per heavy atom. The molecule has 0 amide bonds. The number of hydrogen-bond acceptors (Lipinski definition) is 6. The Morgan fingerprint density at radius 3 is 2.07 bits per heavy atom. The van der Waals surface area contributed by atoms with Crippen LogP contribution in [0.5, 0.6) is 17.2 Å². The number of ketones is 1. The maximum Gasteiger partial charge on any atom is 0.339 e. The highest BCUT2D eigenvalue weighted by atomic mass is 16.5. The molecule has 0 saturated heterocycles. The summed E-state index contributed by atoms with van der Waals surface area (Å²) in [5.41, 5.74) is 3.28. The van der Waals surface area contributed by atoms with Gasteiger partial charge in [-0.2, -0.15) is 0 Å². The van der Waals surface area contributed by atoms with Crippen LogP contribution < -0.4 is 14.2 Å². The van der Waals surface area contributed by atoms with Gasteiger partial charge < -0.3 is 18.9 Å². The highest BCUT2D eigenvalue weighted by Gasteiger charge is 2.32. The van der Waals surface area contributed by atoms with Gasteiger partial charge in [0.2, 0.25) is 0 Å². The standard InChI is InChI=1S/C23H20O6/c1-12(24)13-5-7-14(8-6-13)20-15-9-18(26-2)19(27-3)10-16(15)22(28-4)17-11-29-23(25)21(17)20/h5-10H,11H2,1-4H3. The van der Waals surface area contributed by atoms with Gasteiger partial charge in [-0.1, -0.05) is 24.3 Å². The van der Waals surface area contributed by atoms with Crippen molar-refractivity contribution in [3.05, 3.63) is 53.1 Å². The molecule has 0 unspecified atom stereocenters. The first kappa shape index (κ1) is 18.8. The van der Waals surface area contributed by atoms with Crippen molar-refractivity contribution in [2.24, 2.45) is 0 Å². The molecule has 0 aromatic heterocycles. The summed E-state index contributed by atoms with van der Waals surface area (Å²) in [5, 5.41) is 1.56. The van der Waals surface area contributed by atoms with Crippen LogP contribution >= 0.6 is 0 Å². The van der Waals surface area contributed by atoms with Gasteiger partial charge in [0.05, 0.1) is 26.9 Å². The second-order valence-corrected chi connectivity index (χ2v) is 6.72. The van der Waals surface area contributed by atoms with Crippen molar-refractivity contribution in [1.29, 1.82) is 0 Å². The molecular formula is C23H20O6. The first-order valence-electron chi connectivity index (χ1n) is 9.07. The number of rotatable bonds is 5. The lowest BCUT2D eigenvalue weighted by Gasteiger charge is -2.18. The minimum Gasteiger partial charge on any atom is -0.496 e. The van der Waals surface area contributed by atoms with Gasteiger partial charge in [0.15, 0.2) is 17.3 Å². The molecule has 0 spiro atoms. The van der Waals surface area contributed by atoms with E-state index in [1.165, 1.54) is 6.92 Å². The summed E-state index contributed by atoms with van der Waals surface area (Å²) in [7, 11) is 4.69. The molecule has 0 N–H and O–H groups in total.